The molecule has 2 aromatic carbocycles. The van der Waals surface area contributed by atoms with Crippen molar-refractivity contribution in [3.8, 4) is 34.6 Å². The van der Waals surface area contributed by atoms with Gasteiger partial charge < -0.3 is 33.2 Å². The predicted octanol–water partition coefficient (Wildman–Crippen LogP) is 7.40. The molecule has 4 aromatic heterocycles. The van der Waals surface area contributed by atoms with Gasteiger partial charge in [-0.05, 0) is 54.6 Å². The zero-order chi connectivity index (χ0) is 34.2. The molecule has 246 valence electrons. The van der Waals surface area contributed by atoms with Crippen molar-refractivity contribution < 1.29 is 28.8 Å². The first-order valence-corrected chi connectivity index (χ1v) is 15.3. The average Bonchev–Trinajstić information content (AvgIpc) is 3.86. The van der Waals surface area contributed by atoms with Crippen molar-refractivity contribution in [2.75, 3.05) is 28.4 Å². The fraction of sp³-hybridized carbons (Fsp3) is 0.139. The van der Waals surface area contributed by atoms with Gasteiger partial charge in [0.05, 0.1) is 49.6 Å². The summed E-state index contributed by atoms with van der Waals surface area (Å²) in [6.07, 6.45) is 9.43. The van der Waals surface area contributed by atoms with Gasteiger partial charge in [0.1, 0.15) is 17.7 Å². The van der Waals surface area contributed by atoms with Crippen molar-refractivity contribution in [1.82, 2.24) is 19.1 Å². The molecule has 0 saturated heterocycles. The molecule has 4 heterocycles. The topological polar surface area (TPSA) is 110 Å². The number of aromatic nitrogens is 4. The summed E-state index contributed by atoms with van der Waals surface area (Å²) in [6, 6.07) is 21.3. The molecule has 0 saturated carbocycles. The first kappa shape index (κ1) is 34.1. The molecular formula is C36H32Cl2N4O6. The van der Waals surface area contributed by atoms with Crippen molar-refractivity contribution in [2.45, 2.75) is 6.10 Å². The summed E-state index contributed by atoms with van der Waals surface area (Å²) in [7, 11) is 6.12. The molecular weight excluding hydrogens is 655 g/mol. The van der Waals surface area contributed by atoms with Crippen LogP contribution in [0.4, 0.5) is 0 Å². The molecule has 6 aromatic rings. The normalized spacial score (nSPS) is 11.2. The summed E-state index contributed by atoms with van der Waals surface area (Å²) in [4.78, 5) is 21.8. The van der Waals surface area contributed by atoms with E-state index in [0.717, 1.165) is 0 Å². The third-order valence-corrected chi connectivity index (χ3v) is 7.72. The third kappa shape index (κ3) is 7.16. The maximum Gasteiger partial charge on any atom is 0.200 e. The van der Waals surface area contributed by atoms with E-state index in [1.165, 1.54) is 27.5 Å². The highest BCUT2D eigenvalue weighted by Crippen LogP contribution is 2.39. The molecule has 48 heavy (non-hydrogen) atoms. The fourth-order valence-corrected chi connectivity index (χ4v) is 5.45. The molecule has 0 aliphatic carbocycles. The van der Waals surface area contributed by atoms with Crippen LogP contribution in [0.15, 0.2) is 110 Å². The molecule has 0 aliphatic heterocycles. The molecule has 1 atom stereocenters. The average molecular weight is 688 g/mol. The van der Waals surface area contributed by atoms with E-state index in [9.17, 15) is 9.90 Å². The van der Waals surface area contributed by atoms with Crippen molar-refractivity contribution in [1.29, 1.82) is 0 Å². The number of methoxy groups -OCH3 is 4. The van der Waals surface area contributed by atoms with Crippen molar-refractivity contribution in [3.63, 3.8) is 0 Å². The second kappa shape index (κ2) is 15.5. The molecule has 0 aliphatic rings. The van der Waals surface area contributed by atoms with Crippen LogP contribution in [0, 0.1) is 0 Å². The van der Waals surface area contributed by atoms with Gasteiger partial charge in [0, 0.05) is 48.3 Å². The van der Waals surface area contributed by atoms with Gasteiger partial charge in [-0.2, -0.15) is 0 Å². The van der Waals surface area contributed by atoms with Crippen LogP contribution in [0.2, 0.25) is 10.0 Å². The van der Waals surface area contributed by atoms with E-state index in [4.69, 9.17) is 42.1 Å². The van der Waals surface area contributed by atoms with Gasteiger partial charge in [-0.1, -0.05) is 41.4 Å². The number of ketones is 1. The number of carbonyl (C=O) groups excluding carboxylic acids is 1. The lowest BCUT2D eigenvalue weighted by molar-refractivity contribution is 0.103. The quantitative estimate of drug-likeness (QED) is 0.149. The summed E-state index contributed by atoms with van der Waals surface area (Å²) in [6.45, 7) is 0. The third-order valence-electron chi connectivity index (χ3n) is 7.31. The Morgan fingerprint density at radius 2 is 1.17 bits per heavy atom. The summed E-state index contributed by atoms with van der Waals surface area (Å²) >= 11 is 12.2. The number of aliphatic hydroxyl groups excluding tert-OH is 1. The van der Waals surface area contributed by atoms with Crippen LogP contribution in [0.3, 0.4) is 0 Å². The molecule has 0 spiro atoms. The van der Waals surface area contributed by atoms with E-state index in [-0.39, 0.29) is 5.78 Å². The molecule has 0 radical (unpaired) electrons. The molecule has 1 unspecified atom stereocenters. The van der Waals surface area contributed by atoms with E-state index in [2.05, 4.69) is 9.97 Å². The molecule has 0 amide bonds. The Bertz CT molecular complexity index is 2000. The predicted molar refractivity (Wildman–Crippen MR) is 184 cm³/mol. The van der Waals surface area contributed by atoms with Crippen LogP contribution in [0.25, 0.3) is 11.6 Å². The van der Waals surface area contributed by atoms with E-state index in [1.807, 2.05) is 53.6 Å². The van der Waals surface area contributed by atoms with Gasteiger partial charge in [-0.25, -0.2) is 9.97 Å². The van der Waals surface area contributed by atoms with E-state index >= 15 is 0 Å². The van der Waals surface area contributed by atoms with Crippen LogP contribution in [0.1, 0.15) is 33.2 Å². The second-order valence-corrected chi connectivity index (χ2v) is 11.0. The van der Waals surface area contributed by atoms with Gasteiger partial charge in [0.2, 0.25) is 5.78 Å². The highest BCUT2D eigenvalue weighted by atomic mass is 35.5. The molecule has 12 heteroatoms. The number of ether oxygens (including phenoxy) is 4. The number of pyridine rings is 2. The maximum absolute atomic E-state index is 13.1. The summed E-state index contributed by atoms with van der Waals surface area (Å²) in [5.41, 5.74) is 1.92. The Morgan fingerprint density at radius 3 is 1.75 bits per heavy atom. The van der Waals surface area contributed by atoms with Gasteiger partial charge in [0.15, 0.2) is 23.0 Å². The number of para-hydroxylation sites is 2. The number of hydrogen-bond donors (Lipinski definition) is 1. The number of hydrogen-bond acceptors (Lipinski definition) is 8. The Labute approximate surface area is 287 Å². The number of aliphatic hydroxyl groups is 1. The van der Waals surface area contributed by atoms with E-state index in [0.29, 0.717) is 66.9 Å². The second-order valence-electron chi connectivity index (χ2n) is 10.1. The first-order chi connectivity index (χ1) is 23.3. The van der Waals surface area contributed by atoms with Crippen LogP contribution < -0.4 is 18.9 Å². The van der Waals surface area contributed by atoms with Crippen molar-refractivity contribution >= 4 is 29.0 Å². The number of benzene rings is 2. The Kier molecular flexibility index (Phi) is 11.0. The Hall–Kier alpha value is -5.29. The summed E-state index contributed by atoms with van der Waals surface area (Å²) in [5, 5.41) is 11.8. The lowest BCUT2D eigenvalue weighted by Crippen LogP contribution is -2.10. The number of rotatable bonds is 10. The number of nitrogens with zero attached hydrogens (tertiary/aromatic N) is 4. The van der Waals surface area contributed by atoms with Gasteiger partial charge in [-0.15, -0.1) is 0 Å². The highest BCUT2D eigenvalue weighted by Gasteiger charge is 2.24. The zero-order valence-corrected chi connectivity index (χ0v) is 28.0. The van der Waals surface area contributed by atoms with E-state index in [1.54, 1.807) is 66.4 Å². The fourth-order valence-electron chi connectivity index (χ4n) is 5.13. The standard InChI is InChI=1S/C18H17ClN2O3.C18H15ClN2O3/c2*1-23-15-7-5-6-13(17(15)24-2)16(22)14-10-12(19)11-20-18(14)21-8-3-4-9-21/h3-11,16,22H,1-2H3;3-11H,1-2H3. The minimum absolute atomic E-state index is 0.246. The minimum atomic E-state index is -0.973. The van der Waals surface area contributed by atoms with Crippen molar-refractivity contribution in [2.24, 2.45) is 0 Å². The van der Waals surface area contributed by atoms with Gasteiger partial charge in [0.25, 0.3) is 0 Å². The lowest BCUT2D eigenvalue weighted by Gasteiger charge is -2.19. The SMILES string of the molecule is COc1cccc(C(=O)c2cc(Cl)cnc2-n2cccc2)c1OC.COc1cccc(C(O)c2cc(Cl)cnc2-n2cccc2)c1OC. The number of halogens is 2. The van der Waals surface area contributed by atoms with E-state index < -0.39 is 6.10 Å². The monoisotopic (exact) mass is 686 g/mol. The highest BCUT2D eigenvalue weighted by molar-refractivity contribution is 6.31. The summed E-state index contributed by atoms with van der Waals surface area (Å²) < 4.78 is 24.9. The molecule has 6 rings (SSSR count). The van der Waals surface area contributed by atoms with Gasteiger partial charge >= 0.3 is 0 Å². The van der Waals surface area contributed by atoms with Crippen LogP contribution in [0.5, 0.6) is 23.0 Å². The lowest BCUT2D eigenvalue weighted by atomic mass is 10.0. The van der Waals surface area contributed by atoms with Crippen LogP contribution in [-0.4, -0.2) is 58.4 Å². The van der Waals surface area contributed by atoms with Crippen LogP contribution in [-0.2, 0) is 0 Å². The van der Waals surface area contributed by atoms with Crippen molar-refractivity contribution in [3.05, 3.63) is 142 Å². The minimum Gasteiger partial charge on any atom is -0.493 e. The smallest absolute Gasteiger partial charge is 0.200 e. The molecule has 0 bridgehead atoms. The van der Waals surface area contributed by atoms with Gasteiger partial charge in [-0.3, -0.25) is 4.79 Å². The molecule has 1 N–H and O–H groups in total. The maximum atomic E-state index is 13.1. The Morgan fingerprint density at radius 1 is 0.646 bits per heavy atom. The zero-order valence-electron chi connectivity index (χ0n) is 26.5. The first-order valence-electron chi connectivity index (χ1n) is 14.5. The Balaban J connectivity index is 0.000000188. The largest absolute Gasteiger partial charge is 0.493 e. The molecule has 10 nitrogen and oxygen atoms in total. The summed E-state index contributed by atoms with van der Waals surface area (Å²) in [5.74, 6) is 2.74. The molecule has 0 fully saturated rings. The number of carbonyl (C=O) groups is 1. The van der Waals surface area contributed by atoms with Crippen LogP contribution >= 0.6 is 23.2 Å².